The first kappa shape index (κ1) is 23.9. The highest BCUT2D eigenvalue weighted by molar-refractivity contribution is 8.02. The lowest BCUT2D eigenvalue weighted by molar-refractivity contribution is -0.143. The molecule has 37 heavy (non-hydrogen) atoms. The van der Waals surface area contributed by atoms with Crippen molar-refractivity contribution in [2.45, 2.75) is 41.6 Å². The van der Waals surface area contributed by atoms with Gasteiger partial charge in [0.05, 0.1) is 34.7 Å². The van der Waals surface area contributed by atoms with Gasteiger partial charge in [-0.15, -0.1) is 16.9 Å². The predicted octanol–water partition coefficient (Wildman–Crippen LogP) is 1.08. The molecule has 1 aromatic heterocycles. The van der Waals surface area contributed by atoms with E-state index in [1.54, 1.807) is 28.4 Å². The molecule has 3 aromatic rings. The molecule has 3 N–H and O–H groups in total. The standard InChI is InChI=1S/C26H28N6O4S/c1-27-23(34)20-19-11-12-26(37-19)21(20)25(36)32(18(13-33)15-7-3-2-4-8-15)22(26)24(35)28-14-31-17-10-6-5-9-16(17)29-30-31/h2-10,18-22,33H,11-14H2,1H3,(H,27,34)(H,28,35)/t18-,19+,20-,21+,22?,26?/m1/s1. The Kier molecular flexibility index (Phi) is 5.91. The SMILES string of the molecule is CNC(=O)[C@@H]1[C@@H]2CCC3(S2)C(C(=O)NCn2nnc4ccccc42)N([C@H](CO)c2ccccc2)C(=O)[C@H]13. The van der Waals surface area contributed by atoms with Crippen molar-refractivity contribution >= 4 is 40.5 Å². The number of aliphatic hydroxyl groups is 1. The first-order chi connectivity index (χ1) is 18.0. The Hall–Kier alpha value is -3.44. The van der Waals surface area contributed by atoms with E-state index >= 15 is 0 Å². The summed E-state index contributed by atoms with van der Waals surface area (Å²) in [5.41, 5.74) is 2.24. The van der Waals surface area contributed by atoms with Crippen molar-refractivity contribution in [1.29, 1.82) is 0 Å². The smallest absolute Gasteiger partial charge is 0.245 e. The number of carbonyl (C=O) groups excluding carboxylic acids is 3. The molecule has 10 nitrogen and oxygen atoms in total. The van der Waals surface area contributed by atoms with Gasteiger partial charge in [0.15, 0.2) is 0 Å². The Morgan fingerprint density at radius 3 is 2.68 bits per heavy atom. The zero-order valence-corrected chi connectivity index (χ0v) is 21.1. The van der Waals surface area contributed by atoms with Crippen molar-refractivity contribution in [3.63, 3.8) is 0 Å². The third kappa shape index (κ3) is 3.55. The van der Waals surface area contributed by atoms with E-state index in [2.05, 4.69) is 20.9 Å². The molecule has 2 unspecified atom stereocenters. The molecule has 0 saturated carbocycles. The van der Waals surface area contributed by atoms with Gasteiger partial charge < -0.3 is 20.6 Å². The van der Waals surface area contributed by atoms with Crippen LogP contribution < -0.4 is 10.6 Å². The molecule has 2 aromatic carbocycles. The van der Waals surface area contributed by atoms with Gasteiger partial charge >= 0.3 is 0 Å². The van der Waals surface area contributed by atoms with Gasteiger partial charge in [0.25, 0.3) is 0 Å². The van der Waals surface area contributed by atoms with E-state index < -0.39 is 28.7 Å². The van der Waals surface area contributed by atoms with E-state index in [1.807, 2.05) is 54.6 Å². The number of nitrogens with zero attached hydrogens (tertiary/aromatic N) is 4. The van der Waals surface area contributed by atoms with E-state index in [9.17, 15) is 19.5 Å². The van der Waals surface area contributed by atoms with Crippen molar-refractivity contribution in [1.82, 2.24) is 30.5 Å². The first-order valence-electron chi connectivity index (χ1n) is 12.4. The van der Waals surface area contributed by atoms with E-state index in [-0.39, 0.29) is 36.2 Å². The highest BCUT2D eigenvalue weighted by Gasteiger charge is 2.74. The number of aromatic nitrogens is 3. The fourth-order valence-corrected chi connectivity index (χ4v) is 8.71. The number of rotatable bonds is 7. The summed E-state index contributed by atoms with van der Waals surface area (Å²) in [5.74, 6) is -1.89. The number of amides is 3. The minimum Gasteiger partial charge on any atom is -0.394 e. The van der Waals surface area contributed by atoms with Gasteiger partial charge in [0.1, 0.15) is 18.2 Å². The summed E-state index contributed by atoms with van der Waals surface area (Å²) >= 11 is 1.59. The van der Waals surface area contributed by atoms with Crippen LogP contribution in [-0.4, -0.2) is 72.4 Å². The monoisotopic (exact) mass is 520 g/mol. The molecule has 0 radical (unpaired) electrons. The van der Waals surface area contributed by atoms with Crippen LogP contribution >= 0.6 is 11.8 Å². The summed E-state index contributed by atoms with van der Waals surface area (Å²) in [6.07, 6.45) is 1.41. The van der Waals surface area contributed by atoms with Crippen molar-refractivity contribution in [2.75, 3.05) is 13.7 Å². The van der Waals surface area contributed by atoms with Crippen LogP contribution in [0.3, 0.4) is 0 Å². The lowest BCUT2D eigenvalue weighted by Gasteiger charge is -2.37. The highest BCUT2D eigenvalue weighted by Crippen LogP contribution is 2.67. The maximum Gasteiger partial charge on any atom is 0.245 e. The lowest BCUT2D eigenvalue weighted by Crippen LogP contribution is -2.54. The fourth-order valence-electron chi connectivity index (χ4n) is 6.51. The summed E-state index contributed by atoms with van der Waals surface area (Å²) < 4.78 is 0.867. The zero-order valence-electron chi connectivity index (χ0n) is 20.3. The highest BCUT2D eigenvalue weighted by atomic mass is 32.2. The average Bonchev–Trinajstić information content (AvgIpc) is 3.68. The number of hydrogen-bond acceptors (Lipinski definition) is 7. The maximum absolute atomic E-state index is 14.1. The number of carbonyl (C=O) groups is 3. The van der Waals surface area contributed by atoms with Gasteiger partial charge in [-0.05, 0) is 30.5 Å². The van der Waals surface area contributed by atoms with Crippen LogP contribution in [0.25, 0.3) is 11.0 Å². The molecule has 3 aliphatic heterocycles. The summed E-state index contributed by atoms with van der Waals surface area (Å²) in [4.78, 5) is 42.6. The van der Waals surface area contributed by atoms with Gasteiger partial charge in [-0.3, -0.25) is 14.4 Å². The van der Waals surface area contributed by atoms with Crippen LogP contribution in [-0.2, 0) is 21.1 Å². The maximum atomic E-state index is 14.1. The molecule has 192 valence electrons. The molecular weight excluding hydrogens is 492 g/mol. The predicted molar refractivity (Wildman–Crippen MR) is 137 cm³/mol. The molecule has 6 atom stereocenters. The minimum absolute atomic E-state index is 0.0186. The largest absolute Gasteiger partial charge is 0.394 e. The molecule has 3 saturated heterocycles. The number of fused-ring (bicyclic) bond motifs is 2. The summed E-state index contributed by atoms with van der Waals surface area (Å²) in [6.45, 7) is -0.254. The number of para-hydroxylation sites is 1. The summed E-state index contributed by atoms with van der Waals surface area (Å²) in [5, 5.41) is 24.5. The molecule has 1 spiro atoms. The van der Waals surface area contributed by atoms with Crippen molar-refractivity contribution < 1.29 is 19.5 Å². The fraction of sp³-hybridized carbons (Fsp3) is 0.423. The number of thioether (sulfide) groups is 1. The second-order valence-electron chi connectivity index (χ2n) is 9.80. The van der Waals surface area contributed by atoms with E-state index in [0.29, 0.717) is 6.42 Å². The molecule has 0 aliphatic carbocycles. The number of nitrogens with one attached hydrogen (secondary N) is 2. The number of aliphatic hydroxyl groups excluding tert-OH is 1. The normalized spacial score (nSPS) is 28.9. The van der Waals surface area contributed by atoms with Crippen LogP contribution in [0.5, 0.6) is 0 Å². The van der Waals surface area contributed by atoms with Crippen molar-refractivity contribution in [3.8, 4) is 0 Å². The van der Waals surface area contributed by atoms with Gasteiger partial charge in [-0.1, -0.05) is 47.7 Å². The van der Waals surface area contributed by atoms with Crippen LogP contribution in [0, 0.1) is 11.8 Å². The summed E-state index contributed by atoms with van der Waals surface area (Å²) in [6, 6.07) is 15.2. The van der Waals surface area contributed by atoms with E-state index in [1.165, 1.54) is 0 Å². The zero-order chi connectivity index (χ0) is 25.7. The van der Waals surface area contributed by atoms with Crippen LogP contribution in [0.15, 0.2) is 54.6 Å². The van der Waals surface area contributed by atoms with E-state index in [4.69, 9.17) is 0 Å². The Morgan fingerprint density at radius 2 is 1.92 bits per heavy atom. The second-order valence-corrected chi connectivity index (χ2v) is 11.4. The average molecular weight is 521 g/mol. The van der Waals surface area contributed by atoms with Crippen LogP contribution in [0.4, 0.5) is 0 Å². The Morgan fingerprint density at radius 1 is 1.16 bits per heavy atom. The van der Waals surface area contributed by atoms with Gasteiger partial charge in [0.2, 0.25) is 17.7 Å². The lowest BCUT2D eigenvalue weighted by atomic mass is 9.71. The summed E-state index contributed by atoms with van der Waals surface area (Å²) in [7, 11) is 1.58. The van der Waals surface area contributed by atoms with Crippen molar-refractivity contribution in [3.05, 3.63) is 60.2 Å². The third-order valence-electron chi connectivity index (χ3n) is 8.05. The molecule has 11 heteroatoms. The second kappa shape index (κ2) is 9.14. The molecule has 3 fully saturated rings. The van der Waals surface area contributed by atoms with Crippen LogP contribution in [0.1, 0.15) is 24.4 Å². The topological polar surface area (TPSA) is 129 Å². The van der Waals surface area contributed by atoms with Gasteiger partial charge in [0, 0.05) is 12.3 Å². The Bertz CT molecular complexity index is 1370. The molecule has 4 heterocycles. The number of benzene rings is 2. The Balaban J connectivity index is 1.38. The van der Waals surface area contributed by atoms with E-state index in [0.717, 1.165) is 23.0 Å². The molecule has 3 aliphatic rings. The quantitative estimate of drug-likeness (QED) is 0.425. The number of hydrogen-bond donors (Lipinski definition) is 3. The van der Waals surface area contributed by atoms with Gasteiger partial charge in [-0.25, -0.2) is 4.68 Å². The first-order valence-corrected chi connectivity index (χ1v) is 13.3. The third-order valence-corrected chi connectivity index (χ3v) is 10.0. The van der Waals surface area contributed by atoms with Gasteiger partial charge in [-0.2, -0.15) is 0 Å². The molecule has 3 amide bonds. The molecule has 6 rings (SSSR count). The van der Waals surface area contributed by atoms with Crippen LogP contribution in [0.2, 0.25) is 0 Å². The Labute approximate surface area is 217 Å². The minimum atomic E-state index is -0.846. The molecule has 2 bridgehead atoms. The number of likely N-dealkylation sites (tertiary alicyclic amines) is 1. The molecular formula is C26H28N6O4S. The van der Waals surface area contributed by atoms with Crippen molar-refractivity contribution in [2.24, 2.45) is 11.8 Å².